The molecule has 0 aliphatic heterocycles. The smallest absolute Gasteiger partial charge is 0.362 e. The summed E-state index contributed by atoms with van der Waals surface area (Å²) < 4.78 is 50.3. The second-order valence-corrected chi connectivity index (χ2v) is 5.85. The molecule has 0 aliphatic rings. The second kappa shape index (κ2) is 12.5. The number of halogens is 4. The number of alkyl halides is 3. The van der Waals surface area contributed by atoms with Crippen LogP contribution in [-0.4, -0.2) is 31.1 Å². The molecule has 30 heavy (non-hydrogen) atoms. The average molecular weight is 430 g/mol. The van der Waals surface area contributed by atoms with Gasteiger partial charge in [0.2, 0.25) is 0 Å². The van der Waals surface area contributed by atoms with Gasteiger partial charge in [-0.25, -0.2) is 9.74 Å². The lowest BCUT2D eigenvalue weighted by molar-refractivity contribution is -0.178. The van der Waals surface area contributed by atoms with E-state index in [1.807, 2.05) is 19.2 Å². The van der Waals surface area contributed by atoms with Gasteiger partial charge in [-0.05, 0) is 43.2 Å². The van der Waals surface area contributed by atoms with Gasteiger partial charge in [0.1, 0.15) is 0 Å². The molecule has 0 aliphatic carbocycles. The minimum atomic E-state index is -5.09. The molecule has 166 valence electrons. The molecule has 0 heterocycles. The molecule has 1 aromatic carbocycles. The maximum absolute atomic E-state index is 12.7. The Morgan fingerprint density at radius 1 is 1.17 bits per heavy atom. The summed E-state index contributed by atoms with van der Waals surface area (Å²) >= 11 is 0. The molecule has 0 radical (unpaired) electrons. The van der Waals surface area contributed by atoms with Gasteiger partial charge in [0.05, 0.1) is 11.4 Å². The van der Waals surface area contributed by atoms with Crippen LogP contribution in [0.2, 0.25) is 0 Å². The van der Waals surface area contributed by atoms with E-state index in [1.165, 1.54) is 19.1 Å². The molecular formula is C21H26F4N2O3. The van der Waals surface area contributed by atoms with Crippen LogP contribution in [0.3, 0.4) is 0 Å². The van der Waals surface area contributed by atoms with Gasteiger partial charge in [-0.2, -0.15) is 13.2 Å². The number of aryl methyl sites for hydroxylation is 1. The average Bonchev–Trinajstić information content (AvgIpc) is 2.70. The lowest BCUT2D eigenvalue weighted by Crippen LogP contribution is -2.31. The predicted octanol–water partition coefficient (Wildman–Crippen LogP) is 5.53. The number of carbonyl (C=O) groups is 2. The second-order valence-electron chi connectivity index (χ2n) is 5.85. The largest absolute Gasteiger partial charge is 0.471 e. The summed E-state index contributed by atoms with van der Waals surface area (Å²) in [7, 11) is 0. The van der Waals surface area contributed by atoms with Crippen LogP contribution < -0.4 is 10.2 Å². The summed E-state index contributed by atoms with van der Waals surface area (Å²) in [5, 5.41) is 1.84. The molecular weight excluding hydrogens is 404 g/mol. The number of nitrogens with one attached hydrogen (secondary N) is 1. The van der Waals surface area contributed by atoms with Crippen molar-refractivity contribution in [3.8, 4) is 0 Å². The van der Waals surface area contributed by atoms with Gasteiger partial charge < -0.3 is 10.2 Å². The van der Waals surface area contributed by atoms with Crippen LogP contribution >= 0.6 is 0 Å². The van der Waals surface area contributed by atoms with E-state index in [4.69, 9.17) is 0 Å². The normalized spacial score (nSPS) is 11.0. The molecule has 0 aromatic heterocycles. The predicted molar refractivity (Wildman–Crippen MR) is 111 cm³/mol. The molecule has 1 rings (SSSR count). The van der Waals surface area contributed by atoms with Crippen molar-refractivity contribution in [1.82, 2.24) is 0 Å². The minimum Gasteiger partial charge on any atom is -0.362 e. The highest BCUT2D eigenvalue weighted by Crippen LogP contribution is 2.32. The Balaban J connectivity index is 0.00000407. The number of rotatable bonds is 8. The molecule has 0 atom stereocenters. The third kappa shape index (κ3) is 7.73. The fourth-order valence-corrected chi connectivity index (χ4v) is 2.36. The van der Waals surface area contributed by atoms with Gasteiger partial charge in [-0.3, -0.25) is 4.79 Å². The highest BCUT2D eigenvalue weighted by Gasteiger charge is 2.39. The first-order valence-corrected chi connectivity index (χ1v) is 9.05. The molecule has 9 heteroatoms. The number of nitrogens with zero attached hydrogens (tertiary/aromatic N) is 1. The van der Waals surface area contributed by atoms with E-state index in [1.54, 1.807) is 30.0 Å². The molecule has 0 saturated carbocycles. The van der Waals surface area contributed by atoms with E-state index >= 15 is 0 Å². The number of anilines is 2. The minimum absolute atomic E-state index is 0.111. The van der Waals surface area contributed by atoms with Crippen molar-refractivity contribution >= 4 is 29.3 Å². The van der Waals surface area contributed by atoms with Crippen molar-refractivity contribution in [2.75, 3.05) is 23.3 Å². The topological polar surface area (TPSA) is 58.6 Å². The Morgan fingerprint density at radius 2 is 1.70 bits per heavy atom. The highest BCUT2D eigenvalue weighted by molar-refractivity contribution is 5.99. The van der Waals surface area contributed by atoms with Gasteiger partial charge in [-0.15, -0.1) is 13.2 Å². The zero-order valence-electron chi connectivity index (χ0n) is 17.4. The number of hydrogen-bond acceptors (Lipinski definition) is 4. The van der Waals surface area contributed by atoms with Crippen LogP contribution in [0, 0.1) is 6.92 Å². The Hall–Kier alpha value is -3.10. The molecule has 1 amide bonds. The number of hydrogen-bond donors (Lipinski definition) is 1. The standard InChI is InChI=1S/C19H20F4N2O3.C2H6/c1-5-7-25(8-6-2)16-10-12(3)14(9-13(4)17(26)28-23)11-15(16)24-18(27)19(20,21)22;1-2/h5-6,9-11H,1-2,7-8H2,3-4H3,(H,24,27);1-2H3/b13-9+;. The van der Waals surface area contributed by atoms with E-state index in [9.17, 15) is 27.3 Å². The number of benzene rings is 1. The lowest BCUT2D eigenvalue weighted by atomic mass is 10.0. The lowest BCUT2D eigenvalue weighted by Gasteiger charge is -2.26. The van der Waals surface area contributed by atoms with Crippen molar-refractivity contribution in [2.45, 2.75) is 33.9 Å². The van der Waals surface area contributed by atoms with Crippen LogP contribution in [-0.2, 0) is 14.5 Å². The first-order valence-electron chi connectivity index (χ1n) is 9.05. The molecule has 0 fully saturated rings. The summed E-state index contributed by atoms with van der Waals surface area (Å²) in [6.07, 6.45) is -0.754. The number of carbonyl (C=O) groups excluding carboxylic acids is 2. The zero-order valence-corrected chi connectivity index (χ0v) is 17.4. The Kier molecular flexibility index (Phi) is 11.2. The quantitative estimate of drug-likeness (QED) is 0.335. The van der Waals surface area contributed by atoms with Crippen LogP contribution in [0.1, 0.15) is 31.9 Å². The van der Waals surface area contributed by atoms with Crippen molar-refractivity contribution in [2.24, 2.45) is 0 Å². The van der Waals surface area contributed by atoms with Gasteiger partial charge >= 0.3 is 18.1 Å². The SMILES string of the molecule is C=CCN(CC=C)c1cc(C)c(/C=C(\C)C(=O)OF)cc1NC(=O)C(F)(F)F.CC. The van der Waals surface area contributed by atoms with E-state index in [0.29, 0.717) is 16.8 Å². The Morgan fingerprint density at radius 3 is 2.13 bits per heavy atom. The van der Waals surface area contributed by atoms with E-state index in [0.717, 1.165) is 0 Å². The van der Waals surface area contributed by atoms with Crippen molar-refractivity contribution < 1.29 is 32.2 Å². The molecule has 5 nitrogen and oxygen atoms in total. The maximum Gasteiger partial charge on any atom is 0.471 e. The van der Waals surface area contributed by atoms with Gasteiger partial charge in [0.15, 0.2) is 0 Å². The van der Waals surface area contributed by atoms with Crippen molar-refractivity contribution in [3.63, 3.8) is 0 Å². The molecule has 0 unspecified atom stereocenters. The molecule has 1 aromatic rings. The fourth-order valence-electron chi connectivity index (χ4n) is 2.36. The highest BCUT2D eigenvalue weighted by atomic mass is 19.4. The summed E-state index contributed by atoms with van der Waals surface area (Å²) in [5.74, 6) is -3.38. The summed E-state index contributed by atoms with van der Waals surface area (Å²) in [6.45, 7) is 14.7. The molecule has 1 N–H and O–H groups in total. The third-order valence-corrected chi connectivity index (χ3v) is 3.69. The Bertz CT molecular complexity index is 792. The van der Waals surface area contributed by atoms with E-state index < -0.39 is 18.1 Å². The van der Waals surface area contributed by atoms with E-state index in [2.05, 4.69) is 18.1 Å². The van der Waals surface area contributed by atoms with Crippen LogP contribution in [0.25, 0.3) is 6.08 Å². The summed E-state index contributed by atoms with van der Waals surface area (Å²) in [6, 6.07) is 2.81. The monoisotopic (exact) mass is 430 g/mol. The maximum atomic E-state index is 12.7. The van der Waals surface area contributed by atoms with Crippen LogP contribution in [0.5, 0.6) is 0 Å². The summed E-state index contributed by atoms with van der Waals surface area (Å²) in [5.41, 5.74) is 0.938. The van der Waals surface area contributed by atoms with E-state index in [-0.39, 0.29) is 24.4 Å². The van der Waals surface area contributed by atoms with Gasteiger partial charge in [-0.1, -0.05) is 26.0 Å². The third-order valence-electron chi connectivity index (χ3n) is 3.69. The van der Waals surface area contributed by atoms with Gasteiger partial charge in [0, 0.05) is 23.2 Å². The van der Waals surface area contributed by atoms with Crippen molar-refractivity contribution in [1.29, 1.82) is 0 Å². The molecule has 0 saturated heterocycles. The molecule has 0 bridgehead atoms. The fraction of sp³-hybridized carbons (Fsp3) is 0.333. The first-order chi connectivity index (χ1) is 14.0. The van der Waals surface area contributed by atoms with Gasteiger partial charge in [0.25, 0.3) is 0 Å². The summed E-state index contributed by atoms with van der Waals surface area (Å²) in [4.78, 5) is 27.5. The van der Waals surface area contributed by atoms with Crippen LogP contribution in [0.15, 0.2) is 43.0 Å². The van der Waals surface area contributed by atoms with Crippen LogP contribution in [0.4, 0.5) is 29.1 Å². The first kappa shape index (κ1) is 26.9. The Labute approximate surface area is 173 Å². The van der Waals surface area contributed by atoms with Crippen molar-refractivity contribution in [3.05, 3.63) is 54.1 Å². The number of amides is 1. The molecule has 0 spiro atoms. The zero-order chi connectivity index (χ0) is 23.5.